The first kappa shape index (κ1) is 12.9. The average molecular weight is 260 g/mol. The maximum absolute atomic E-state index is 5.50. The topological polar surface area (TPSA) is 34.2 Å². The van der Waals surface area contributed by atoms with E-state index in [0.717, 1.165) is 35.7 Å². The summed E-state index contributed by atoms with van der Waals surface area (Å²) < 4.78 is 5.50. The van der Waals surface area contributed by atoms with Crippen molar-refractivity contribution in [1.82, 2.24) is 10.3 Å². The van der Waals surface area contributed by atoms with Crippen LogP contribution in [0.5, 0.6) is 5.75 Å². The fraction of sp³-hybridized carbons (Fsp3) is 0.688. The van der Waals surface area contributed by atoms with Gasteiger partial charge in [-0.25, -0.2) is 0 Å². The van der Waals surface area contributed by atoms with Gasteiger partial charge in [0.05, 0.1) is 18.8 Å². The van der Waals surface area contributed by atoms with E-state index in [4.69, 9.17) is 4.74 Å². The molecule has 1 aromatic heterocycles. The smallest absolute Gasteiger partial charge is 0.141 e. The minimum atomic E-state index is 0.370. The monoisotopic (exact) mass is 260 g/mol. The molecule has 1 heterocycles. The van der Waals surface area contributed by atoms with Gasteiger partial charge in [0.2, 0.25) is 0 Å². The highest BCUT2D eigenvalue weighted by atomic mass is 16.5. The van der Waals surface area contributed by atoms with E-state index in [1.54, 1.807) is 7.11 Å². The van der Waals surface area contributed by atoms with Crippen molar-refractivity contribution in [2.75, 3.05) is 13.7 Å². The van der Waals surface area contributed by atoms with Gasteiger partial charge in [0.1, 0.15) is 5.75 Å². The molecule has 2 fully saturated rings. The Labute approximate surface area is 115 Å². The predicted octanol–water partition coefficient (Wildman–Crippen LogP) is 3.18. The summed E-state index contributed by atoms with van der Waals surface area (Å²) in [6, 6.07) is 4.35. The van der Waals surface area contributed by atoms with Crippen molar-refractivity contribution in [3.63, 3.8) is 0 Å². The number of pyridine rings is 1. The summed E-state index contributed by atoms with van der Waals surface area (Å²) >= 11 is 0. The Morgan fingerprint density at radius 3 is 2.74 bits per heavy atom. The molecule has 3 unspecified atom stereocenters. The second kappa shape index (κ2) is 5.49. The Morgan fingerprint density at radius 2 is 2.11 bits per heavy atom. The Hall–Kier alpha value is -1.09. The van der Waals surface area contributed by atoms with Crippen LogP contribution in [0.1, 0.15) is 44.3 Å². The van der Waals surface area contributed by atoms with Gasteiger partial charge < -0.3 is 10.1 Å². The number of hydrogen-bond acceptors (Lipinski definition) is 3. The van der Waals surface area contributed by atoms with Crippen LogP contribution in [0, 0.1) is 17.8 Å². The highest BCUT2D eigenvalue weighted by Gasteiger charge is 2.54. The van der Waals surface area contributed by atoms with E-state index in [0.29, 0.717) is 6.04 Å². The Kier molecular flexibility index (Phi) is 3.74. The lowest BCUT2D eigenvalue weighted by Crippen LogP contribution is -2.25. The summed E-state index contributed by atoms with van der Waals surface area (Å²) in [5.41, 5.74) is 1.10. The zero-order valence-electron chi connectivity index (χ0n) is 11.9. The van der Waals surface area contributed by atoms with E-state index in [9.17, 15) is 0 Å². The lowest BCUT2D eigenvalue weighted by molar-refractivity contribution is 0.378. The van der Waals surface area contributed by atoms with Crippen LogP contribution in [0.25, 0.3) is 0 Å². The molecule has 0 aliphatic heterocycles. The number of methoxy groups -OCH3 is 1. The minimum Gasteiger partial charge on any atom is -0.495 e. The van der Waals surface area contributed by atoms with Crippen LogP contribution >= 0.6 is 0 Å². The van der Waals surface area contributed by atoms with Crippen molar-refractivity contribution in [3.8, 4) is 5.75 Å². The molecule has 3 atom stereocenters. The number of aromatic nitrogens is 1. The quantitative estimate of drug-likeness (QED) is 0.883. The number of ether oxygens (including phenoxy) is 1. The molecule has 2 saturated carbocycles. The second-order valence-corrected chi connectivity index (χ2v) is 5.82. The molecule has 1 aromatic rings. The van der Waals surface area contributed by atoms with E-state index in [1.807, 2.05) is 18.3 Å². The van der Waals surface area contributed by atoms with Gasteiger partial charge in [0.15, 0.2) is 0 Å². The molecular weight excluding hydrogens is 236 g/mol. The van der Waals surface area contributed by atoms with Crippen molar-refractivity contribution >= 4 is 0 Å². The van der Waals surface area contributed by atoms with Crippen LogP contribution < -0.4 is 10.1 Å². The summed E-state index contributed by atoms with van der Waals surface area (Å²) in [4.78, 5) is 4.60. The van der Waals surface area contributed by atoms with E-state index in [2.05, 4.69) is 17.2 Å². The fourth-order valence-corrected chi connectivity index (χ4v) is 3.99. The molecule has 104 valence electrons. The maximum atomic E-state index is 5.50. The summed E-state index contributed by atoms with van der Waals surface area (Å²) in [5, 5.41) is 3.65. The van der Waals surface area contributed by atoms with Gasteiger partial charge >= 0.3 is 0 Å². The number of hydrogen-bond donors (Lipinski definition) is 1. The Balaban J connectivity index is 1.84. The van der Waals surface area contributed by atoms with Crippen LogP contribution in [-0.2, 0) is 0 Å². The molecule has 0 radical (unpaired) electrons. The van der Waals surface area contributed by atoms with Crippen LogP contribution in [0.2, 0.25) is 0 Å². The van der Waals surface area contributed by atoms with E-state index in [-0.39, 0.29) is 0 Å². The predicted molar refractivity (Wildman–Crippen MR) is 76.1 cm³/mol. The van der Waals surface area contributed by atoms with Gasteiger partial charge in [-0.2, -0.15) is 0 Å². The van der Waals surface area contributed by atoms with Crippen molar-refractivity contribution in [3.05, 3.63) is 24.0 Å². The summed E-state index contributed by atoms with van der Waals surface area (Å²) in [6.45, 7) is 3.16. The van der Waals surface area contributed by atoms with Crippen LogP contribution in [-0.4, -0.2) is 18.6 Å². The Morgan fingerprint density at radius 1 is 1.37 bits per heavy atom. The number of fused-ring (bicyclic) bond motifs is 1. The lowest BCUT2D eigenvalue weighted by Gasteiger charge is -2.20. The van der Waals surface area contributed by atoms with Crippen molar-refractivity contribution in [2.24, 2.45) is 17.8 Å². The molecule has 3 heteroatoms. The number of nitrogens with zero attached hydrogens (tertiary/aromatic N) is 1. The van der Waals surface area contributed by atoms with Gasteiger partial charge in [-0.05, 0) is 49.3 Å². The first-order valence-electron chi connectivity index (χ1n) is 7.59. The van der Waals surface area contributed by atoms with Crippen LogP contribution in [0.3, 0.4) is 0 Å². The third kappa shape index (κ3) is 2.36. The van der Waals surface area contributed by atoms with Gasteiger partial charge in [0.25, 0.3) is 0 Å². The van der Waals surface area contributed by atoms with Gasteiger partial charge in [-0.15, -0.1) is 0 Å². The van der Waals surface area contributed by atoms with Crippen molar-refractivity contribution < 1.29 is 4.74 Å². The standard InChI is InChI=1S/C16H24N2O/c1-3-17-16(14-11-7-4-5-8-12(11)14)15-13(19-2)9-6-10-18-15/h6,9-12,14,16-17H,3-5,7-8H2,1-2H3. The zero-order chi connectivity index (χ0) is 13.2. The van der Waals surface area contributed by atoms with Crippen LogP contribution in [0.15, 0.2) is 18.3 Å². The highest BCUT2D eigenvalue weighted by molar-refractivity contribution is 5.31. The Bertz CT molecular complexity index is 423. The first-order valence-corrected chi connectivity index (χ1v) is 7.59. The normalized spacial score (nSPS) is 30.5. The van der Waals surface area contributed by atoms with Gasteiger partial charge in [-0.3, -0.25) is 4.98 Å². The summed E-state index contributed by atoms with van der Waals surface area (Å²) in [7, 11) is 1.74. The molecule has 0 saturated heterocycles. The fourth-order valence-electron chi connectivity index (χ4n) is 3.99. The van der Waals surface area contributed by atoms with Crippen molar-refractivity contribution in [1.29, 1.82) is 0 Å². The van der Waals surface area contributed by atoms with Gasteiger partial charge in [0, 0.05) is 6.20 Å². The molecular formula is C16H24N2O. The van der Waals surface area contributed by atoms with E-state index in [1.165, 1.54) is 25.7 Å². The highest BCUT2D eigenvalue weighted by Crippen LogP contribution is 2.60. The number of rotatable bonds is 5. The molecule has 19 heavy (non-hydrogen) atoms. The van der Waals surface area contributed by atoms with Crippen LogP contribution in [0.4, 0.5) is 0 Å². The summed E-state index contributed by atoms with van der Waals surface area (Å²) in [5.74, 6) is 3.54. The molecule has 0 amide bonds. The molecule has 3 rings (SSSR count). The van der Waals surface area contributed by atoms with Crippen molar-refractivity contribution in [2.45, 2.75) is 38.6 Å². The minimum absolute atomic E-state index is 0.370. The average Bonchev–Trinajstić information content (AvgIpc) is 3.19. The maximum Gasteiger partial charge on any atom is 0.141 e. The second-order valence-electron chi connectivity index (χ2n) is 5.82. The molecule has 0 spiro atoms. The first-order chi connectivity index (χ1) is 9.36. The molecule has 1 N–H and O–H groups in total. The molecule has 2 aliphatic rings. The molecule has 0 bridgehead atoms. The van der Waals surface area contributed by atoms with Gasteiger partial charge in [-0.1, -0.05) is 19.8 Å². The van der Waals surface area contributed by atoms with E-state index < -0.39 is 0 Å². The molecule has 2 aliphatic carbocycles. The molecule has 0 aromatic carbocycles. The molecule has 3 nitrogen and oxygen atoms in total. The third-order valence-corrected chi connectivity index (χ3v) is 4.85. The summed E-state index contributed by atoms with van der Waals surface area (Å²) in [6.07, 6.45) is 7.53. The SMILES string of the molecule is CCNC(c1ncccc1OC)C1C2CCCCC21. The lowest BCUT2D eigenvalue weighted by atomic mass is 10.0. The van der Waals surface area contributed by atoms with E-state index >= 15 is 0 Å². The largest absolute Gasteiger partial charge is 0.495 e. The number of nitrogens with one attached hydrogen (secondary N) is 1. The third-order valence-electron chi connectivity index (χ3n) is 4.85. The zero-order valence-corrected chi connectivity index (χ0v) is 11.9.